The molecule has 0 atom stereocenters. The first-order valence-electron chi connectivity index (χ1n) is 8.16. The summed E-state index contributed by atoms with van der Waals surface area (Å²) in [6.07, 6.45) is 17.0. The normalized spacial score (nSPS) is 23.3. The molecule has 2 fully saturated rings. The molecule has 104 valence electrons. The lowest BCUT2D eigenvalue weighted by Crippen LogP contribution is -2.45. The number of hydrogen-bond acceptors (Lipinski definition) is 1. The highest BCUT2D eigenvalue weighted by molar-refractivity contribution is 4.97. The first-order valence-corrected chi connectivity index (χ1v) is 8.16. The quantitative estimate of drug-likeness (QED) is 0.639. The van der Waals surface area contributed by atoms with Crippen LogP contribution < -0.4 is 0 Å². The molecule has 0 unspecified atom stereocenters. The smallest absolute Gasteiger partial charge is 0.0171 e. The van der Waals surface area contributed by atoms with E-state index in [9.17, 15) is 0 Å². The first kappa shape index (κ1) is 14.1. The van der Waals surface area contributed by atoms with E-state index in [0.717, 1.165) is 12.1 Å². The maximum Gasteiger partial charge on any atom is 0.0171 e. The average molecular weight is 249 g/mol. The van der Waals surface area contributed by atoms with Crippen LogP contribution in [-0.2, 0) is 0 Å². The van der Waals surface area contributed by atoms with Crippen LogP contribution in [0.1, 0.15) is 78.1 Å². The number of nitrogens with zero attached hydrogens (tertiary/aromatic N) is 1. The largest absolute Gasteiger partial charge is 0.294 e. The Labute approximate surface area is 114 Å². The Hall–Kier alpha value is -0.300. The van der Waals surface area contributed by atoms with E-state index >= 15 is 0 Å². The predicted molar refractivity (Wildman–Crippen MR) is 79.9 cm³/mol. The lowest BCUT2D eigenvalue weighted by molar-refractivity contribution is 0.0937. The van der Waals surface area contributed by atoms with E-state index in [1.807, 2.05) is 0 Å². The molecule has 0 N–H and O–H groups in total. The fraction of sp³-hybridized carbons (Fsp3) is 0.882. The van der Waals surface area contributed by atoms with Gasteiger partial charge in [0.15, 0.2) is 0 Å². The monoisotopic (exact) mass is 249 g/mol. The highest BCUT2D eigenvalue weighted by Crippen LogP contribution is 2.30. The Bertz CT molecular complexity index is 235. The summed E-state index contributed by atoms with van der Waals surface area (Å²) in [5, 5.41) is 0. The topological polar surface area (TPSA) is 3.24 Å². The van der Waals surface area contributed by atoms with E-state index in [0.29, 0.717) is 0 Å². The molecule has 0 aromatic carbocycles. The zero-order valence-electron chi connectivity index (χ0n) is 12.5. The molecule has 18 heavy (non-hydrogen) atoms. The van der Waals surface area contributed by atoms with Crippen molar-refractivity contribution < 1.29 is 0 Å². The van der Waals surface area contributed by atoms with E-state index in [2.05, 4.69) is 24.8 Å². The Kier molecular flexibility index (Phi) is 5.75. The summed E-state index contributed by atoms with van der Waals surface area (Å²) >= 11 is 0. The molecule has 0 aliphatic heterocycles. The van der Waals surface area contributed by atoms with Crippen molar-refractivity contribution in [1.29, 1.82) is 0 Å². The molecule has 2 rings (SSSR count). The van der Waals surface area contributed by atoms with Crippen molar-refractivity contribution in [2.75, 3.05) is 6.54 Å². The molecule has 0 amide bonds. The van der Waals surface area contributed by atoms with Crippen LogP contribution >= 0.6 is 0 Å². The van der Waals surface area contributed by atoms with Crippen molar-refractivity contribution in [1.82, 2.24) is 4.90 Å². The van der Waals surface area contributed by atoms with Crippen molar-refractivity contribution in [3.8, 4) is 0 Å². The molecule has 2 saturated carbocycles. The lowest BCUT2D eigenvalue weighted by Gasteiger charge is -2.41. The van der Waals surface area contributed by atoms with Gasteiger partial charge in [-0.05, 0) is 39.5 Å². The fourth-order valence-electron chi connectivity index (χ4n) is 3.71. The van der Waals surface area contributed by atoms with Crippen LogP contribution in [0.2, 0.25) is 0 Å². The minimum absolute atomic E-state index is 0.887. The molecule has 1 heteroatoms. The van der Waals surface area contributed by atoms with E-state index < -0.39 is 0 Å². The van der Waals surface area contributed by atoms with Gasteiger partial charge in [-0.3, -0.25) is 4.90 Å². The first-order chi connectivity index (χ1) is 8.77. The van der Waals surface area contributed by atoms with Gasteiger partial charge in [-0.25, -0.2) is 0 Å². The summed E-state index contributed by atoms with van der Waals surface area (Å²) < 4.78 is 0. The summed E-state index contributed by atoms with van der Waals surface area (Å²) in [7, 11) is 0. The van der Waals surface area contributed by atoms with E-state index in [4.69, 9.17) is 0 Å². The Balaban J connectivity index is 1.97. The Morgan fingerprint density at radius 2 is 1.28 bits per heavy atom. The Morgan fingerprint density at radius 3 is 1.67 bits per heavy atom. The third-order valence-electron chi connectivity index (χ3n) is 4.80. The highest BCUT2D eigenvalue weighted by atomic mass is 15.2. The van der Waals surface area contributed by atoms with Gasteiger partial charge in [-0.1, -0.05) is 50.2 Å². The molecule has 0 spiro atoms. The van der Waals surface area contributed by atoms with Gasteiger partial charge in [0.2, 0.25) is 0 Å². The van der Waals surface area contributed by atoms with Crippen molar-refractivity contribution in [2.24, 2.45) is 0 Å². The van der Waals surface area contributed by atoms with Crippen LogP contribution in [0, 0.1) is 0 Å². The maximum atomic E-state index is 2.87. The van der Waals surface area contributed by atoms with Gasteiger partial charge in [-0.2, -0.15) is 0 Å². The molecule has 0 aromatic heterocycles. The van der Waals surface area contributed by atoms with E-state index in [1.54, 1.807) is 0 Å². The third-order valence-corrected chi connectivity index (χ3v) is 4.80. The summed E-state index contributed by atoms with van der Waals surface area (Å²) in [6, 6.07) is 1.77. The van der Waals surface area contributed by atoms with Crippen LogP contribution in [0.3, 0.4) is 0 Å². The molecule has 0 bridgehead atoms. The lowest BCUT2D eigenvalue weighted by atomic mass is 9.88. The third kappa shape index (κ3) is 4.12. The predicted octanol–water partition coefficient (Wildman–Crippen LogP) is 4.92. The van der Waals surface area contributed by atoms with Crippen LogP contribution in [0.4, 0.5) is 0 Å². The van der Waals surface area contributed by atoms with Crippen LogP contribution in [0.25, 0.3) is 0 Å². The van der Waals surface area contributed by atoms with Gasteiger partial charge < -0.3 is 0 Å². The summed E-state index contributed by atoms with van der Waals surface area (Å²) in [6.45, 7) is 5.68. The van der Waals surface area contributed by atoms with Crippen LogP contribution in [-0.4, -0.2) is 23.5 Å². The van der Waals surface area contributed by atoms with Gasteiger partial charge in [0, 0.05) is 18.6 Å². The van der Waals surface area contributed by atoms with Crippen molar-refractivity contribution in [3.05, 3.63) is 11.6 Å². The van der Waals surface area contributed by atoms with Gasteiger partial charge in [0.1, 0.15) is 0 Å². The molecule has 1 nitrogen and oxygen atoms in total. The van der Waals surface area contributed by atoms with Gasteiger partial charge in [0.05, 0.1) is 0 Å². The second kappa shape index (κ2) is 7.33. The average Bonchev–Trinajstić information content (AvgIpc) is 2.41. The minimum atomic E-state index is 0.887. The molecular weight excluding hydrogens is 218 g/mol. The zero-order valence-corrected chi connectivity index (χ0v) is 12.5. The molecule has 0 aromatic rings. The highest BCUT2D eigenvalue weighted by Gasteiger charge is 2.27. The molecule has 2 aliphatic rings. The number of allylic oxidation sites excluding steroid dienone is 1. The molecular formula is C17H31N. The molecule has 0 radical (unpaired) electrons. The van der Waals surface area contributed by atoms with Crippen molar-refractivity contribution in [2.45, 2.75) is 90.1 Å². The second-order valence-electron chi connectivity index (χ2n) is 6.56. The SMILES string of the molecule is CC(C)=CCN(C1CCCCC1)C1CCCCC1. The zero-order chi connectivity index (χ0) is 12.8. The van der Waals surface area contributed by atoms with Crippen molar-refractivity contribution >= 4 is 0 Å². The molecule has 0 saturated heterocycles. The van der Waals surface area contributed by atoms with Gasteiger partial charge in [-0.15, -0.1) is 0 Å². The number of rotatable bonds is 4. The molecule has 2 aliphatic carbocycles. The van der Waals surface area contributed by atoms with Crippen LogP contribution in [0.15, 0.2) is 11.6 Å². The molecule has 0 heterocycles. The Morgan fingerprint density at radius 1 is 0.833 bits per heavy atom. The van der Waals surface area contributed by atoms with Gasteiger partial charge >= 0.3 is 0 Å². The fourth-order valence-corrected chi connectivity index (χ4v) is 3.71. The van der Waals surface area contributed by atoms with E-state index in [1.165, 1.54) is 76.3 Å². The standard InChI is InChI=1S/C17H31N/c1-15(2)13-14-18(16-9-5-3-6-10-16)17-11-7-4-8-12-17/h13,16-17H,3-12,14H2,1-2H3. The van der Waals surface area contributed by atoms with Gasteiger partial charge in [0.25, 0.3) is 0 Å². The van der Waals surface area contributed by atoms with Crippen LogP contribution in [0.5, 0.6) is 0 Å². The minimum Gasteiger partial charge on any atom is -0.294 e. The second-order valence-corrected chi connectivity index (χ2v) is 6.56. The summed E-state index contributed by atoms with van der Waals surface area (Å²) in [4.78, 5) is 2.87. The van der Waals surface area contributed by atoms with E-state index in [-0.39, 0.29) is 0 Å². The maximum absolute atomic E-state index is 2.87. The number of hydrogen-bond donors (Lipinski definition) is 0. The van der Waals surface area contributed by atoms with Crippen molar-refractivity contribution in [3.63, 3.8) is 0 Å². The summed E-state index contributed by atoms with van der Waals surface area (Å²) in [5.41, 5.74) is 1.48. The summed E-state index contributed by atoms with van der Waals surface area (Å²) in [5.74, 6) is 0.